The molecule has 0 spiro atoms. The predicted octanol–water partition coefficient (Wildman–Crippen LogP) is 3.42. The lowest BCUT2D eigenvalue weighted by Gasteiger charge is -2.26. The van der Waals surface area contributed by atoms with Gasteiger partial charge in [-0.05, 0) is 61.1 Å². The van der Waals surface area contributed by atoms with Crippen LogP contribution in [0.2, 0.25) is 5.02 Å². The Kier molecular flexibility index (Phi) is 6.35. The molecule has 1 saturated heterocycles. The van der Waals surface area contributed by atoms with Gasteiger partial charge in [-0.2, -0.15) is 0 Å². The van der Waals surface area contributed by atoms with Crippen LogP contribution < -0.4 is 10.5 Å². The van der Waals surface area contributed by atoms with E-state index in [9.17, 15) is 9.59 Å². The molecule has 2 aromatic rings. The molecule has 5 nitrogen and oxygen atoms in total. The Hall–Kier alpha value is -2.53. The number of likely N-dealkylation sites (tertiary alicyclic amines) is 1. The molecule has 0 aromatic heterocycles. The number of carbonyl (C=O) groups is 2. The summed E-state index contributed by atoms with van der Waals surface area (Å²) in [5.41, 5.74) is 7.84. The van der Waals surface area contributed by atoms with Crippen molar-refractivity contribution >= 4 is 23.4 Å². The number of hydrogen-bond donors (Lipinski definition) is 1. The standard InChI is InChI=1S/C21H23ClN2O3/c22-18-13-16(7-8-19(18)27-14-20(23)25)11-15-5-4-6-17(12-15)21(26)24-9-2-1-3-10-24/h4-8,12-13H,1-3,9-11,14H2,(H2,23,25). The van der Waals surface area contributed by atoms with Gasteiger partial charge in [-0.25, -0.2) is 0 Å². The smallest absolute Gasteiger partial charge is 0.255 e. The maximum atomic E-state index is 12.7. The SMILES string of the molecule is NC(=O)COc1ccc(Cc2cccc(C(=O)N3CCCCC3)c2)cc1Cl. The molecule has 1 fully saturated rings. The minimum atomic E-state index is -0.551. The van der Waals surface area contributed by atoms with Gasteiger partial charge in [0.05, 0.1) is 5.02 Å². The number of halogens is 1. The summed E-state index contributed by atoms with van der Waals surface area (Å²) < 4.78 is 5.26. The van der Waals surface area contributed by atoms with E-state index in [4.69, 9.17) is 22.1 Å². The summed E-state index contributed by atoms with van der Waals surface area (Å²) in [6, 6.07) is 13.1. The van der Waals surface area contributed by atoms with Gasteiger partial charge in [0.2, 0.25) is 0 Å². The van der Waals surface area contributed by atoms with E-state index >= 15 is 0 Å². The lowest BCUT2D eigenvalue weighted by molar-refractivity contribution is -0.119. The highest BCUT2D eigenvalue weighted by atomic mass is 35.5. The average Bonchev–Trinajstić information content (AvgIpc) is 2.67. The third kappa shape index (κ3) is 5.23. The quantitative estimate of drug-likeness (QED) is 0.826. The van der Waals surface area contributed by atoms with Crippen molar-refractivity contribution in [2.24, 2.45) is 5.73 Å². The summed E-state index contributed by atoms with van der Waals surface area (Å²) in [4.78, 5) is 25.4. The first kappa shape index (κ1) is 19.2. The first-order valence-electron chi connectivity index (χ1n) is 9.10. The van der Waals surface area contributed by atoms with Gasteiger partial charge >= 0.3 is 0 Å². The number of benzene rings is 2. The summed E-state index contributed by atoms with van der Waals surface area (Å²) in [6.45, 7) is 1.47. The van der Waals surface area contributed by atoms with E-state index in [1.807, 2.05) is 35.2 Å². The van der Waals surface area contributed by atoms with Crippen LogP contribution in [0.1, 0.15) is 40.7 Å². The molecule has 27 heavy (non-hydrogen) atoms. The lowest BCUT2D eigenvalue weighted by atomic mass is 10.0. The first-order valence-corrected chi connectivity index (χ1v) is 9.48. The Bertz CT molecular complexity index is 832. The van der Waals surface area contributed by atoms with E-state index in [0.29, 0.717) is 17.2 Å². The van der Waals surface area contributed by atoms with E-state index in [1.165, 1.54) is 6.42 Å². The molecule has 6 heteroatoms. The van der Waals surface area contributed by atoms with Crippen LogP contribution in [0, 0.1) is 0 Å². The van der Waals surface area contributed by atoms with Crippen LogP contribution in [0.15, 0.2) is 42.5 Å². The molecule has 3 rings (SSSR count). The van der Waals surface area contributed by atoms with Gasteiger partial charge in [-0.1, -0.05) is 29.8 Å². The van der Waals surface area contributed by atoms with Crippen LogP contribution in [0.5, 0.6) is 5.75 Å². The van der Waals surface area contributed by atoms with Gasteiger partial charge in [0.1, 0.15) is 5.75 Å². The summed E-state index contributed by atoms with van der Waals surface area (Å²) >= 11 is 6.22. The molecule has 2 N–H and O–H groups in total. The molecular weight excluding hydrogens is 364 g/mol. The van der Waals surface area contributed by atoms with Crippen molar-refractivity contribution in [2.75, 3.05) is 19.7 Å². The van der Waals surface area contributed by atoms with Crippen LogP contribution in [0.4, 0.5) is 0 Å². The molecule has 0 aliphatic carbocycles. The van der Waals surface area contributed by atoms with Gasteiger partial charge in [0, 0.05) is 18.7 Å². The number of nitrogens with zero attached hydrogens (tertiary/aromatic N) is 1. The van der Waals surface area contributed by atoms with Gasteiger partial charge in [0.25, 0.3) is 11.8 Å². The minimum Gasteiger partial charge on any atom is -0.482 e. The second kappa shape index (κ2) is 8.91. The largest absolute Gasteiger partial charge is 0.482 e. The molecule has 0 bridgehead atoms. The Morgan fingerprint density at radius 3 is 2.48 bits per heavy atom. The molecule has 1 aliphatic heterocycles. The fourth-order valence-corrected chi connectivity index (χ4v) is 3.51. The number of hydrogen-bond acceptors (Lipinski definition) is 3. The van der Waals surface area contributed by atoms with Gasteiger partial charge < -0.3 is 15.4 Å². The maximum Gasteiger partial charge on any atom is 0.255 e. The summed E-state index contributed by atoms with van der Waals surface area (Å²) in [6.07, 6.45) is 4.00. The molecule has 0 atom stereocenters. The van der Waals surface area contributed by atoms with Crippen molar-refractivity contribution in [3.05, 3.63) is 64.2 Å². The Labute approximate surface area is 164 Å². The molecule has 1 heterocycles. The van der Waals surface area contributed by atoms with Crippen molar-refractivity contribution in [1.29, 1.82) is 0 Å². The molecule has 0 saturated carbocycles. The minimum absolute atomic E-state index is 0.102. The number of ether oxygens (including phenoxy) is 1. The first-order chi connectivity index (χ1) is 13.0. The van der Waals surface area contributed by atoms with Crippen molar-refractivity contribution in [3.8, 4) is 5.75 Å². The van der Waals surface area contributed by atoms with Crippen LogP contribution in [-0.2, 0) is 11.2 Å². The maximum absolute atomic E-state index is 12.7. The monoisotopic (exact) mass is 386 g/mol. The molecule has 1 aliphatic rings. The third-order valence-electron chi connectivity index (χ3n) is 4.59. The molecule has 2 aromatic carbocycles. The Balaban J connectivity index is 1.69. The zero-order valence-electron chi connectivity index (χ0n) is 15.1. The zero-order valence-corrected chi connectivity index (χ0v) is 15.9. The van der Waals surface area contributed by atoms with Crippen molar-refractivity contribution in [2.45, 2.75) is 25.7 Å². The normalized spacial score (nSPS) is 14.0. The molecule has 2 amide bonds. The number of primary amides is 1. The van der Waals surface area contributed by atoms with Crippen molar-refractivity contribution in [3.63, 3.8) is 0 Å². The van der Waals surface area contributed by atoms with Crippen LogP contribution in [0.25, 0.3) is 0 Å². The topological polar surface area (TPSA) is 72.6 Å². The second-order valence-electron chi connectivity index (χ2n) is 6.75. The number of rotatable bonds is 6. The van der Waals surface area contributed by atoms with Gasteiger partial charge in [-0.15, -0.1) is 0 Å². The highest BCUT2D eigenvalue weighted by Crippen LogP contribution is 2.26. The second-order valence-corrected chi connectivity index (χ2v) is 7.16. The summed E-state index contributed by atoms with van der Waals surface area (Å²) in [7, 11) is 0. The van der Waals surface area contributed by atoms with Crippen molar-refractivity contribution < 1.29 is 14.3 Å². The van der Waals surface area contributed by atoms with Crippen LogP contribution in [0.3, 0.4) is 0 Å². The predicted molar refractivity (Wildman–Crippen MR) is 105 cm³/mol. The Morgan fingerprint density at radius 1 is 1.04 bits per heavy atom. The molecule has 0 unspecified atom stereocenters. The lowest BCUT2D eigenvalue weighted by Crippen LogP contribution is -2.35. The van der Waals surface area contributed by atoms with E-state index < -0.39 is 5.91 Å². The molecular formula is C21H23ClN2O3. The molecule has 0 radical (unpaired) electrons. The Morgan fingerprint density at radius 2 is 1.78 bits per heavy atom. The van der Waals surface area contributed by atoms with Crippen LogP contribution in [-0.4, -0.2) is 36.4 Å². The number of carbonyl (C=O) groups excluding carboxylic acids is 2. The van der Waals surface area contributed by atoms with E-state index in [-0.39, 0.29) is 12.5 Å². The fourth-order valence-electron chi connectivity index (χ4n) is 3.25. The summed E-state index contributed by atoms with van der Waals surface area (Å²) in [5.74, 6) is -0.0247. The molecule has 142 valence electrons. The van der Waals surface area contributed by atoms with E-state index in [1.54, 1.807) is 12.1 Å². The highest BCUT2D eigenvalue weighted by Gasteiger charge is 2.18. The third-order valence-corrected chi connectivity index (χ3v) is 4.89. The highest BCUT2D eigenvalue weighted by molar-refractivity contribution is 6.32. The zero-order chi connectivity index (χ0) is 19.2. The van der Waals surface area contributed by atoms with E-state index in [2.05, 4.69) is 0 Å². The average molecular weight is 387 g/mol. The van der Waals surface area contributed by atoms with Crippen LogP contribution >= 0.6 is 11.6 Å². The van der Waals surface area contributed by atoms with Gasteiger partial charge in [0.15, 0.2) is 6.61 Å². The number of nitrogens with two attached hydrogens (primary N) is 1. The number of amides is 2. The van der Waals surface area contributed by atoms with Gasteiger partial charge in [-0.3, -0.25) is 9.59 Å². The summed E-state index contributed by atoms with van der Waals surface area (Å²) in [5, 5.41) is 0.425. The van der Waals surface area contributed by atoms with Crippen molar-refractivity contribution in [1.82, 2.24) is 4.90 Å². The van der Waals surface area contributed by atoms with E-state index in [0.717, 1.165) is 42.6 Å². The fraction of sp³-hybridized carbons (Fsp3) is 0.333. The number of piperidine rings is 1.